The van der Waals surface area contributed by atoms with Gasteiger partial charge in [-0.05, 0) is 44.4 Å². The third-order valence-electron chi connectivity index (χ3n) is 4.16. The van der Waals surface area contributed by atoms with Crippen molar-refractivity contribution in [3.8, 4) is 5.88 Å². The maximum absolute atomic E-state index is 12.9. The van der Waals surface area contributed by atoms with Crippen molar-refractivity contribution in [1.82, 2.24) is 19.1 Å². The summed E-state index contributed by atoms with van der Waals surface area (Å²) in [4.78, 5) is 4.19. The van der Waals surface area contributed by atoms with Crippen LogP contribution in [0.15, 0.2) is 35.6 Å². The maximum Gasteiger partial charge on any atom is 0.248 e. The van der Waals surface area contributed by atoms with Gasteiger partial charge in [-0.3, -0.25) is 4.68 Å². The van der Waals surface area contributed by atoms with E-state index in [9.17, 15) is 8.42 Å². The minimum Gasteiger partial charge on any atom is -0.477 e. The van der Waals surface area contributed by atoms with Crippen LogP contribution in [0, 0.1) is 6.92 Å². The lowest BCUT2D eigenvalue weighted by Crippen LogP contribution is -2.39. The zero-order chi connectivity index (χ0) is 17.2. The predicted octanol–water partition coefficient (Wildman–Crippen LogP) is 2.01. The van der Waals surface area contributed by atoms with Crippen LogP contribution in [0.5, 0.6) is 5.88 Å². The van der Waals surface area contributed by atoms with Gasteiger partial charge in [-0.25, -0.2) is 13.4 Å². The summed E-state index contributed by atoms with van der Waals surface area (Å²) in [5, 5.41) is 4.34. The third-order valence-corrected chi connectivity index (χ3v) is 6.07. The molecule has 24 heavy (non-hydrogen) atoms. The van der Waals surface area contributed by atoms with Gasteiger partial charge in [0.1, 0.15) is 4.90 Å². The Labute approximate surface area is 142 Å². The fourth-order valence-corrected chi connectivity index (χ4v) is 4.49. The zero-order valence-electron chi connectivity index (χ0n) is 13.9. The Kier molecular flexibility index (Phi) is 4.86. The Morgan fingerprint density at radius 1 is 1.33 bits per heavy atom. The SMILES string of the molecule is CCOc1ncccc1S(=O)(=O)N1CCC(n2cc(C)cn2)CC1. The second kappa shape index (κ2) is 6.90. The number of rotatable bonds is 5. The fourth-order valence-electron chi connectivity index (χ4n) is 2.94. The predicted molar refractivity (Wildman–Crippen MR) is 89.4 cm³/mol. The Balaban J connectivity index is 1.76. The lowest BCUT2D eigenvalue weighted by Gasteiger charge is -2.31. The van der Waals surface area contributed by atoms with Gasteiger partial charge in [0.15, 0.2) is 0 Å². The number of aryl methyl sites for hydroxylation is 1. The zero-order valence-corrected chi connectivity index (χ0v) is 14.7. The maximum atomic E-state index is 12.9. The molecule has 0 radical (unpaired) electrons. The molecule has 1 aliphatic heterocycles. The number of aromatic nitrogens is 3. The Morgan fingerprint density at radius 2 is 2.08 bits per heavy atom. The summed E-state index contributed by atoms with van der Waals surface area (Å²) in [7, 11) is -3.60. The van der Waals surface area contributed by atoms with Gasteiger partial charge in [-0.1, -0.05) is 0 Å². The fraction of sp³-hybridized carbons (Fsp3) is 0.500. The van der Waals surface area contributed by atoms with Crippen molar-refractivity contribution < 1.29 is 13.2 Å². The summed E-state index contributed by atoms with van der Waals surface area (Å²) in [5.41, 5.74) is 1.11. The molecule has 1 fully saturated rings. The highest BCUT2D eigenvalue weighted by molar-refractivity contribution is 7.89. The smallest absolute Gasteiger partial charge is 0.248 e. The van der Waals surface area contributed by atoms with E-state index < -0.39 is 10.0 Å². The third kappa shape index (κ3) is 3.29. The number of pyridine rings is 1. The number of hydrogen-bond acceptors (Lipinski definition) is 5. The molecule has 0 amide bonds. The first-order valence-electron chi connectivity index (χ1n) is 8.11. The normalized spacial score (nSPS) is 17.1. The van der Waals surface area contributed by atoms with E-state index in [1.54, 1.807) is 12.1 Å². The Bertz CT molecular complexity index is 795. The molecule has 0 unspecified atom stereocenters. The van der Waals surface area contributed by atoms with Gasteiger partial charge in [-0.15, -0.1) is 0 Å². The Morgan fingerprint density at radius 3 is 2.71 bits per heavy atom. The highest BCUT2D eigenvalue weighted by atomic mass is 32.2. The van der Waals surface area contributed by atoms with Crippen LogP contribution < -0.4 is 4.74 Å². The lowest BCUT2D eigenvalue weighted by molar-refractivity contribution is 0.259. The highest BCUT2D eigenvalue weighted by Crippen LogP contribution is 2.29. The first-order chi connectivity index (χ1) is 11.5. The average molecular weight is 350 g/mol. The summed E-state index contributed by atoms with van der Waals surface area (Å²) < 4.78 is 34.7. The molecule has 0 N–H and O–H groups in total. The van der Waals surface area contributed by atoms with Gasteiger partial charge in [-0.2, -0.15) is 9.40 Å². The van der Waals surface area contributed by atoms with Gasteiger partial charge in [0.05, 0.1) is 18.8 Å². The standard InChI is InChI=1S/C16H22N4O3S/c1-3-23-16-15(5-4-8-17-16)24(21,22)19-9-6-14(7-10-19)20-12-13(2)11-18-20/h4-5,8,11-12,14H,3,6-7,9-10H2,1-2H3. The molecule has 130 valence electrons. The van der Waals surface area contributed by atoms with Crippen LogP contribution in [0.4, 0.5) is 0 Å². The molecule has 1 saturated heterocycles. The van der Waals surface area contributed by atoms with Gasteiger partial charge in [0.2, 0.25) is 15.9 Å². The van der Waals surface area contributed by atoms with E-state index >= 15 is 0 Å². The van der Waals surface area contributed by atoms with Gasteiger partial charge in [0.25, 0.3) is 0 Å². The van der Waals surface area contributed by atoms with Crippen LogP contribution in [0.1, 0.15) is 31.4 Å². The molecule has 7 nitrogen and oxygen atoms in total. The molecule has 0 atom stereocenters. The van der Waals surface area contributed by atoms with Crippen LogP contribution in [-0.2, 0) is 10.0 Å². The molecule has 0 aliphatic carbocycles. The van der Waals surface area contributed by atoms with Crippen molar-refractivity contribution in [3.63, 3.8) is 0 Å². The average Bonchev–Trinajstić information content (AvgIpc) is 3.02. The summed E-state index contributed by atoms with van der Waals surface area (Å²) in [5.74, 6) is 0.171. The molecule has 0 bridgehead atoms. The van der Waals surface area contributed by atoms with Gasteiger partial charge < -0.3 is 4.74 Å². The van der Waals surface area contributed by atoms with Crippen molar-refractivity contribution in [2.75, 3.05) is 19.7 Å². The highest BCUT2D eigenvalue weighted by Gasteiger charge is 2.32. The van der Waals surface area contributed by atoms with Gasteiger partial charge in [0, 0.05) is 25.5 Å². The second-order valence-corrected chi connectivity index (χ2v) is 7.78. The summed E-state index contributed by atoms with van der Waals surface area (Å²) in [6.07, 6.45) is 6.85. The molecule has 0 aromatic carbocycles. The largest absolute Gasteiger partial charge is 0.477 e. The first kappa shape index (κ1) is 16.9. The van der Waals surface area contributed by atoms with E-state index in [1.165, 1.54) is 10.5 Å². The molecule has 2 aromatic heterocycles. The summed E-state index contributed by atoms with van der Waals surface area (Å²) in [6, 6.07) is 3.41. The second-order valence-electron chi connectivity index (χ2n) is 5.87. The van der Waals surface area contributed by atoms with Crippen molar-refractivity contribution >= 4 is 10.0 Å². The quantitative estimate of drug-likeness (QED) is 0.824. The van der Waals surface area contributed by atoms with Crippen LogP contribution in [0.25, 0.3) is 0 Å². The summed E-state index contributed by atoms with van der Waals surface area (Å²) >= 11 is 0. The number of piperidine rings is 1. The van der Waals surface area contributed by atoms with E-state index in [4.69, 9.17) is 4.74 Å². The molecule has 1 aliphatic rings. The van der Waals surface area contributed by atoms with E-state index in [-0.39, 0.29) is 16.8 Å². The molecule has 3 heterocycles. The number of ether oxygens (including phenoxy) is 1. The molecule has 0 saturated carbocycles. The van der Waals surface area contributed by atoms with E-state index in [0.29, 0.717) is 19.7 Å². The molecular weight excluding hydrogens is 328 g/mol. The Hall–Kier alpha value is -1.93. The molecule has 2 aromatic rings. The van der Waals surface area contributed by atoms with Gasteiger partial charge >= 0.3 is 0 Å². The van der Waals surface area contributed by atoms with Crippen LogP contribution in [0.2, 0.25) is 0 Å². The van der Waals surface area contributed by atoms with E-state index in [0.717, 1.165) is 18.4 Å². The van der Waals surface area contributed by atoms with Crippen LogP contribution in [0.3, 0.4) is 0 Å². The first-order valence-corrected chi connectivity index (χ1v) is 9.55. The topological polar surface area (TPSA) is 77.3 Å². The summed E-state index contributed by atoms with van der Waals surface area (Å²) in [6.45, 7) is 5.11. The van der Waals surface area contributed by atoms with Crippen LogP contribution in [-0.4, -0.2) is 47.2 Å². The van der Waals surface area contributed by atoms with Crippen molar-refractivity contribution in [2.45, 2.75) is 37.6 Å². The number of hydrogen-bond donors (Lipinski definition) is 0. The minimum absolute atomic E-state index is 0.139. The molecule has 3 rings (SSSR count). The molecule has 0 spiro atoms. The van der Waals surface area contributed by atoms with Crippen molar-refractivity contribution in [1.29, 1.82) is 0 Å². The van der Waals surface area contributed by atoms with Crippen molar-refractivity contribution in [2.24, 2.45) is 0 Å². The van der Waals surface area contributed by atoms with Crippen molar-refractivity contribution in [3.05, 3.63) is 36.3 Å². The minimum atomic E-state index is -3.60. The number of nitrogens with zero attached hydrogens (tertiary/aromatic N) is 4. The number of sulfonamides is 1. The van der Waals surface area contributed by atoms with E-state index in [2.05, 4.69) is 10.1 Å². The van der Waals surface area contributed by atoms with E-state index in [1.807, 2.05) is 30.9 Å². The molecule has 8 heteroatoms. The monoisotopic (exact) mass is 350 g/mol. The van der Waals surface area contributed by atoms with Crippen LogP contribution >= 0.6 is 0 Å². The lowest BCUT2D eigenvalue weighted by atomic mass is 10.1. The molecular formula is C16H22N4O3S.